The molecule has 1 aliphatic rings. The lowest BCUT2D eigenvalue weighted by atomic mass is 10.0. The minimum absolute atomic E-state index is 0. The molecule has 0 saturated heterocycles. The van der Waals surface area contributed by atoms with Crippen molar-refractivity contribution in [2.45, 2.75) is 25.7 Å². The predicted octanol–water partition coefficient (Wildman–Crippen LogP) is 2.70. The number of aromatic nitrogens is 1. The van der Waals surface area contributed by atoms with Crippen LogP contribution in [0.15, 0.2) is 17.8 Å². The van der Waals surface area contributed by atoms with Gasteiger partial charge < -0.3 is 0 Å². The van der Waals surface area contributed by atoms with Crippen LogP contribution in [0.3, 0.4) is 0 Å². The molecule has 0 aromatic carbocycles. The zero-order chi connectivity index (χ0) is 9.10. The molecular formula is C10H14N2S2. The van der Waals surface area contributed by atoms with Gasteiger partial charge in [-0.25, -0.2) is 4.98 Å². The molecule has 0 atom stereocenters. The monoisotopic (exact) mass is 226 g/mol. The van der Waals surface area contributed by atoms with Gasteiger partial charge in [0.25, 0.3) is 0 Å². The van der Waals surface area contributed by atoms with Gasteiger partial charge in [-0.15, -0.1) is 11.3 Å². The molecule has 2 nitrogen and oxygen atoms in total. The second kappa shape index (κ2) is 5.32. The van der Waals surface area contributed by atoms with Crippen LogP contribution in [0.25, 0.3) is 0 Å². The topological polar surface area (TPSA) is 25.2 Å². The molecule has 1 aliphatic carbocycles. The summed E-state index contributed by atoms with van der Waals surface area (Å²) < 4.78 is 0. The standard InChI is InChI=1S/C10H12N2S.H2S/c1-2-11-7-10-12-8-5-3-4-6-9(8)13-10;/h2,7H,1,3-6H2;1H2. The van der Waals surface area contributed by atoms with Gasteiger partial charge in [0.1, 0.15) is 5.01 Å². The Bertz CT molecular complexity index is 318. The van der Waals surface area contributed by atoms with Crippen molar-refractivity contribution in [1.82, 2.24) is 4.98 Å². The number of hydrogen-bond acceptors (Lipinski definition) is 3. The van der Waals surface area contributed by atoms with Crippen molar-refractivity contribution in [2.75, 3.05) is 0 Å². The highest BCUT2D eigenvalue weighted by molar-refractivity contribution is 7.59. The summed E-state index contributed by atoms with van der Waals surface area (Å²) in [7, 11) is 0. The van der Waals surface area contributed by atoms with Gasteiger partial charge in [0.15, 0.2) is 0 Å². The van der Waals surface area contributed by atoms with Crippen molar-refractivity contribution in [1.29, 1.82) is 0 Å². The van der Waals surface area contributed by atoms with Crippen LogP contribution < -0.4 is 0 Å². The summed E-state index contributed by atoms with van der Waals surface area (Å²) >= 11 is 1.77. The number of nitrogens with zero attached hydrogens (tertiary/aromatic N) is 2. The van der Waals surface area contributed by atoms with E-state index in [0.717, 1.165) is 11.4 Å². The Hall–Kier alpha value is -0.610. The third kappa shape index (κ3) is 2.45. The van der Waals surface area contributed by atoms with Crippen LogP contribution in [-0.2, 0) is 12.8 Å². The van der Waals surface area contributed by atoms with Gasteiger partial charge >= 0.3 is 0 Å². The van der Waals surface area contributed by atoms with E-state index in [1.165, 1.54) is 29.8 Å². The molecule has 0 saturated carbocycles. The van der Waals surface area contributed by atoms with Crippen LogP contribution in [0.2, 0.25) is 0 Å². The van der Waals surface area contributed by atoms with E-state index in [2.05, 4.69) is 16.6 Å². The van der Waals surface area contributed by atoms with Crippen LogP contribution in [0.5, 0.6) is 0 Å². The van der Waals surface area contributed by atoms with Crippen LogP contribution in [0, 0.1) is 0 Å². The summed E-state index contributed by atoms with van der Waals surface area (Å²) in [6, 6.07) is 0. The second-order valence-electron chi connectivity index (χ2n) is 3.09. The first-order valence-corrected chi connectivity index (χ1v) is 5.34. The normalized spacial score (nSPS) is 14.9. The number of aliphatic imine (C=N–C) groups is 1. The van der Waals surface area contributed by atoms with Gasteiger partial charge in [-0.2, -0.15) is 13.5 Å². The Morgan fingerprint density at radius 2 is 2.14 bits per heavy atom. The van der Waals surface area contributed by atoms with Crippen molar-refractivity contribution in [2.24, 2.45) is 4.99 Å². The fourth-order valence-corrected chi connectivity index (χ4v) is 2.58. The molecule has 0 N–H and O–H groups in total. The number of rotatable bonds is 2. The maximum absolute atomic E-state index is 4.51. The number of fused-ring (bicyclic) bond motifs is 1. The number of thiazole rings is 1. The third-order valence-corrected chi connectivity index (χ3v) is 3.24. The average Bonchev–Trinajstić information content (AvgIpc) is 2.57. The minimum Gasteiger partial charge on any atom is -0.262 e. The molecule has 76 valence electrons. The highest BCUT2D eigenvalue weighted by Crippen LogP contribution is 2.25. The van der Waals surface area contributed by atoms with Crippen molar-refractivity contribution in [3.8, 4) is 0 Å². The molecule has 0 bridgehead atoms. The lowest BCUT2D eigenvalue weighted by molar-refractivity contribution is 0.682. The first-order chi connectivity index (χ1) is 6.40. The van der Waals surface area contributed by atoms with Gasteiger partial charge in [-0.1, -0.05) is 6.58 Å². The molecule has 2 rings (SSSR count). The molecule has 0 spiro atoms. The predicted molar refractivity (Wildman–Crippen MR) is 66.9 cm³/mol. The van der Waals surface area contributed by atoms with E-state index >= 15 is 0 Å². The molecule has 0 unspecified atom stereocenters. The first-order valence-electron chi connectivity index (χ1n) is 4.53. The van der Waals surface area contributed by atoms with Gasteiger partial charge in [0, 0.05) is 11.1 Å². The maximum Gasteiger partial charge on any atom is 0.134 e. The summed E-state index contributed by atoms with van der Waals surface area (Å²) in [6.07, 6.45) is 8.28. The zero-order valence-electron chi connectivity index (χ0n) is 7.99. The first kappa shape index (κ1) is 11.5. The molecule has 1 heterocycles. The Balaban J connectivity index is 0.000000980. The van der Waals surface area contributed by atoms with Gasteiger partial charge in [-0.3, -0.25) is 4.99 Å². The van der Waals surface area contributed by atoms with Crippen molar-refractivity contribution >= 4 is 31.0 Å². The molecular weight excluding hydrogens is 212 g/mol. The van der Waals surface area contributed by atoms with E-state index < -0.39 is 0 Å². The Kier molecular flexibility index (Phi) is 4.35. The molecule has 1 aromatic heterocycles. The van der Waals surface area contributed by atoms with E-state index in [1.807, 2.05) is 0 Å². The van der Waals surface area contributed by atoms with Crippen LogP contribution in [0.4, 0.5) is 0 Å². The molecule has 0 fully saturated rings. The van der Waals surface area contributed by atoms with Crippen LogP contribution in [0.1, 0.15) is 28.4 Å². The highest BCUT2D eigenvalue weighted by Gasteiger charge is 2.13. The fourth-order valence-electron chi connectivity index (χ4n) is 1.54. The quantitative estimate of drug-likeness (QED) is 0.712. The minimum atomic E-state index is 0. The second-order valence-corrected chi connectivity index (χ2v) is 4.21. The number of aryl methyl sites for hydroxylation is 2. The Morgan fingerprint density at radius 3 is 2.86 bits per heavy atom. The fraction of sp³-hybridized carbons (Fsp3) is 0.400. The molecule has 0 amide bonds. The van der Waals surface area contributed by atoms with E-state index in [-0.39, 0.29) is 13.5 Å². The van der Waals surface area contributed by atoms with Gasteiger partial charge in [0.05, 0.1) is 11.9 Å². The van der Waals surface area contributed by atoms with E-state index in [4.69, 9.17) is 0 Å². The van der Waals surface area contributed by atoms with Gasteiger partial charge in [-0.05, 0) is 25.7 Å². The lowest BCUT2D eigenvalue weighted by Crippen LogP contribution is -1.99. The molecule has 14 heavy (non-hydrogen) atoms. The molecule has 0 radical (unpaired) electrons. The smallest absolute Gasteiger partial charge is 0.134 e. The van der Waals surface area contributed by atoms with Crippen molar-refractivity contribution in [3.05, 3.63) is 28.4 Å². The Morgan fingerprint density at radius 1 is 1.36 bits per heavy atom. The maximum atomic E-state index is 4.51. The highest BCUT2D eigenvalue weighted by atomic mass is 32.1. The third-order valence-electron chi connectivity index (χ3n) is 2.15. The summed E-state index contributed by atoms with van der Waals surface area (Å²) in [5, 5.41) is 1.02. The molecule has 0 aliphatic heterocycles. The van der Waals surface area contributed by atoms with E-state index in [9.17, 15) is 0 Å². The van der Waals surface area contributed by atoms with E-state index in [1.54, 1.807) is 23.8 Å². The SMILES string of the molecule is C=CN=Cc1nc2c(s1)CCCC2.S. The molecule has 1 aromatic rings. The molecule has 4 heteroatoms. The zero-order valence-corrected chi connectivity index (χ0v) is 9.81. The summed E-state index contributed by atoms with van der Waals surface area (Å²) in [4.78, 5) is 9.94. The van der Waals surface area contributed by atoms with Crippen LogP contribution >= 0.6 is 24.8 Å². The van der Waals surface area contributed by atoms with Crippen molar-refractivity contribution < 1.29 is 0 Å². The summed E-state index contributed by atoms with van der Waals surface area (Å²) in [5.74, 6) is 0. The number of hydrogen-bond donors (Lipinski definition) is 0. The summed E-state index contributed by atoms with van der Waals surface area (Å²) in [6.45, 7) is 3.54. The van der Waals surface area contributed by atoms with Crippen molar-refractivity contribution in [3.63, 3.8) is 0 Å². The van der Waals surface area contributed by atoms with E-state index in [0.29, 0.717) is 0 Å². The largest absolute Gasteiger partial charge is 0.262 e. The Labute approximate surface area is 95.2 Å². The lowest BCUT2D eigenvalue weighted by Gasteiger charge is -2.06. The summed E-state index contributed by atoms with van der Waals surface area (Å²) in [5.41, 5.74) is 1.29. The average molecular weight is 226 g/mol. The van der Waals surface area contributed by atoms with Crippen LogP contribution in [-0.4, -0.2) is 11.2 Å². The van der Waals surface area contributed by atoms with Gasteiger partial charge in [0.2, 0.25) is 0 Å².